The summed E-state index contributed by atoms with van der Waals surface area (Å²) in [6, 6.07) is 29.9. The predicted molar refractivity (Wildman–Crippen MR) is 138 cm³/mol. The minimum absolute atomic E-state index is 0.237. The van der Waals surface area contributed by atoms with Gasteiger partial charge >= 0.3 is 0 Å². The van der Waals surface area contributed by atoms with Crippen LogP contribution in [0.15, 0.2) is 109 Å². The minimum atomic E-state index is -0.917. The SMILES string of the molecule is C=CCO[C@H]1[C@@H](O)[C@@H](COCc2ccccc2)O[C@@H](Sc2ccccc2)[C@@H]1OCc1ccccc1. The predicted octanol–water partition coefficient (Wildman–Crippen LogP) is 5.24. The van der Waals surface area contributed by atoms with Gasteiger partial charge in [0.2, 0.25) is 0 Å². The summed E-state index contributed by atoms with van der Waals surface area (Å²) in [5.41, 5.74) is 1.71. The quantitative estimate of drug-likeness (QED) is 0.349. The first kappa shape index (κ1) is 25.6. The van der Waals surface area contributed by atoms with E-state index in [1.807, 2.05) is 91.0 Å². The van der Waals surface area contributed by atoms with Crippen molar-refractivity contribution in [2.75, 3.05) is 13.2 Å². The summed E-state index contributed by atoms with van der Waals surface area (Å²) in [6.45, 7) is 5.13. The lowest BCUT2D eigenvalue weighted by Crippen LogP contribution is -2.59. The summed E-state index contributed by atoms with van der Waals surface area (Å²) in [5, 5.41) is 11.3. The third-order valence-electron chi connectivity index (χ3n) is 5.70. The second-order valence-corrected chi connectivity index (χ2v) is 9.48. The van der Waals surface area contributed by atoms with E-state index in [0.717, 1.165) is 16.0 Å². The molecule has 0 amide bonds. The average molecular weight is 493 g/mol. The molecule has 0 radical (unpaired) electrons. The zero-order valence-electron chi connectivity index (χ0n) is 19.6. The van der Waals surface area contributed by atoms with Gasteiger partial charge < -0.3 is 24.1 Å². The smallest absolute Gasteiger partial charge is 0.137 e. The molecule has 1 aliphatic rings. The fourth-order valence-corrected chi connectivity index (χ4v) is 5.09. The normalized spacial score (nSPS) is 24.2. The molecule has 1 N–H and O–H groups in total. The van der Waals surface area contributed by atoms with E-state index < -0.39 is 29.9 Å². The second kappa shape index (κ2) is 13.6. The molecule has 4 rings (SSSR count). The molecule has 6 heteroatoms. The Balaban J connectivity index is 1.51. The van der Waals surface area contributed by atoms with Crippen molar-refractivity contribution in [2.45, 2.75) is 48.0 Å². The molecule has 1 fully saturated rings. The number of aliphatic hydroxyl groups excluding tert-OH is 1. The molecule has 1 heterocycles. The molecule has 184 valence electrons. The first-order chi connectivity index (χ1) is 17.2. The van der Waals surface area contributed by atoms with Crippen LogP contribution in [0.1, 0.15) is 11.1 Å². The van der Waals surface area contributed by atoms with Crippen molar-refractivity contribution >= 4 is 11.8 Å². The van der Waals surface area contributed by atoms with Gasteiger partial charge in [0, 0.05) is 4.90 Å². The summed E-state index contributed by atoms with van der Waals surface area (Å²) in [5.74, 6) is 0. The van der Waals surface area contributed by atoms with Crippen LogP contribution in [-0.2, 0) is 32.2 Å². The van der Waals surface area contributed by atoms with Gasteiger partial charge in [-0.3, -0.25) is 0 Å². The van der Waals surface area contributed by atoms with Crippen LogP contribution in [0.2, 0.25) is 0 Å². The summed E-state index contributed by atoms with van der Waals surface area (Å²) < 4.78 is 24.8. The number of hydrogen-bond donors (Lipinski definition) is 1. The average Bonchev–Trinajstić information content (AvgIpc) is 2.90. The van der Waals surface area contributed by atoms with Gasteiger partial charge in [-0.1, -0.05) is 96.7 Å². The van der Waals surface area contributed by atoms with Gasteiger partial charge in [0.25, 0.3) is 0 Å². The van der Waals surface area contributed by atoms with Gasteiger partial charge in [0.15, 0.2) is 0 Å². The summed E-state index contributed by atoms with van der Waals surface area (Å²) >= 11 is 1.56. The van der Waals surface area contributed by atoms with Crippen molar-refractivity contribution in [3.05, 3.63) is 115 Å². The Bertz CT molecular complexity index is 1000. The largest absolute Gasteiger partial charge is 0.387 e. The van der Waals surface area contributed by atoms with Gasteiger partial charge in [-0.05, 0) is 23.3 Å². The molecule has 0 unspecified atom stereocenters. The van der Waals surface area contributed by atoms with E-state index in [1.54, 1.807) is 17.8 Å². The van der Waals surface area contributed by atoms with Crippen molar-refractivity contribution in [3.8, 4) is 0 Å². The maximum absolute atomic E-state index is 11.3. The molecule has 0 aliphatic carbocycles. The Morgan fingerprint density at radius 3 is 2.03 bits per heavy atom. The van der Waals surface area contributed by atoms with E-state index in [4.69, 9.17) is 18.9 Å². The Hall–Kier alpha value is -2.45. The molecular formula is C29H32O5S. The van der Waals surface area contributed by atoms with Crippen LogP contribution in [0, 0.1) is 0 Å². The maximum Gasteiger partial charge on any atom is 0.137 e. The zero-order valence-corrected chi connectivity index (χ0v) is 20.5. The lowest BCUT2D eigenvalue weighted by molar-refractivity contribution is -0.235. The molecule has 5 atom stereocenters. The molecule has 0 saturated carbocycles. The Morgan fingerprint density at radius 1 is 0.800 bits per heavy atom. The van der Waals surface area contributed by atoms with Crippen molar-refractivity contribution in [3.63, 3.8) is 0 Å². The molecule has 1 aliphatic heterocycles. The summed E-state index contributed by atoms with van der Waals surface area (Å²) in [7, 11) is 0. The van der Waals surface area contributed by atoms with Gasteiger partial charge in [-0.25, -0.2) is 0 Å². The number of aliphatic hydroxyl groups is 1. The fraction of sp³-hybridized carbons (Fsp3) is 0.310. The Labute approximate surface area is 211 Å². The van der Waals surface area contributed by atoms with Crippen molar-refractivity contribution in [1.29, 1.82) is 0 Å². The summed E-state index contributed by atoms with van der Waals surface area (Å²) in [6.07, 6.45) is -0.903. The fourth-order valence-electron chi connectivity index (χ4n) is 3.94. The van der Waals surface area contributed by atoms with Crippen LogP contribution in [0.5, 0.6) is 0 Å². The van der Waals surface area contributed by atoms with Gasteiger partial charge in [0.1, 0.15) is 29.9 Å². The van der Waals surface area contributed by atoms with Crippen LogP contribution < -0.4 is 0 Å². The van der Waals surface area contributed by atoms with Crippen LogP contribution >= 0.6 is 11.8 Å². The topological polar surface area (TPSA) is 57.2 Å². The molecule has 5 nitrogen and oxygen atoms in total. The second-order valence-electron chi connectivity index (χ2n) is 8.31. The van der Waals surface area contributed by atoms with E-state index in [1.165, 1.54) is 0 Å². The zero-order chi connectivity index (χ0) is 24.3. The Morgan fingerprint density at radius 2 is 1.40 bits per heavy atom. The highest BCUT2D eigenvalue weighted by molar-refractivity contribution is 7.99. The van der Waals surface area contributed by atoms with Crippen LogP contribution in [0.3, 0.4) is 0 Å². The van der Waals surface area contributed by atoms with E-state index in [-0.39, 0.29) is 6.61 Å². The lowest BCUT2D eigenvalue weighted by Gasteiger charge is -2.44. The van der Waals surface area contributed by atoms with E-state index >= 15 is 0 Å². The minimum Gasteiger partial charge on any atom is -0.387 e. The highest BCUT2D eigenvalue weighted by Crippen LogP contribution is 2.36. The van der Waals surface area contributed by atoms with Crippen LogP contribution in [0.4, 0.5) is 0 Å². The van der Waals surface area contributed by atoms with Gasteiger partial charge in [-0.2, -0.15) is 0 Å². The van der Waals surface area contributed by atoms with Crippen molar-refractivity contribution < 1.29 is 24.1 Å². The molecule has 0 spiro atoms. The van der Waals surface area contributed by atoms with E-state index in [9.17, 15) is 5.11 Å². The standard InChI is InChI=1S/C29H32O5S/c1-2-18-32-27-26(30)25(21-31-19-22-12-6-3-7-13-22)34-29(35-24-16-10-5-11-17-24)28(27)33-20-23-14-8-4-9-15-23/h2-17,25-30H,1,18-21H2/t25-,26+,27+,28-,29+/m1/s1. The number of hydrogen-bond acceptors (Lipinski definition) is 6. The third-order valence-corrected chi connectivity index (χ3v) is 6.86. The van der Waals surface area contributed by atoms with E-state index in [2.05, 4.69) is 6.58 Å². The first-order valence-corrected chi connectivity index (χ1v) is 12.7. The van der Waals surface area contributed by atoms with Crippen molar-refractivity contribution in [2.24, 2.45) is 0 Å². The highest BCUT2D eigenvalue weighted by atomic mass is 32.2. The van der Waals surface area contributed by atoms with E-state index in [0.29, 0.717) is 19.8 Å². The molecule has 3 aromatic rings. The highest BCUT2D eigenvalue weighted by Gasteiger charge is 2.47. The molecule has 35 heavy (non-hydrogen) atoms. The number of benzene rings is 3. The maximum atomic E-state index is 11.3. The monoisotopic (exact) mass is 492 g/mol. The molecule has 3 aromatic carbocycles. The van der Waals surface area contributed by atoms with Crippen LogP contribution in [-0.4, -0.2) is 48.2 Å². The Kier molecular flexibility index (Phi) is 9.95. The van der Waals surface area contributed by atoms with Gasteiger partial charge in [0.05, 0.1) is 26.4 Å². The number of ether oxygens (including phenoxy) is 4. The van der Waals surface area contributed by atoms with Crippen LogP contribution in [0.25, 0.3) is 0 Å². The molecule has 0 bridgehead atoms. The number of rotatable bonds is 12. The number of thioether (sulfide) groups is 1. The summed E-state index contributed by atoms with van der Waals surface area (Å²) in [4.78, 5) is 1.05. The van der Waals surface area contributed by atoms with Gasteiger partial charge in [-0.15, -0.1) is 6.58 Å². The first-order valence-electron chi connectivity index (χ1n) is 11.8. The van der Waals surface area contributed by atoms with Crippen molar-refractivity contribution in [1.82, 2.24) is 0 Å². The third kappa shape index (κ3) is 7.51. The lowest BCUT2D eigenvalue weighted by atomic mass is 9.99. The molecule has 1 saturated heterocycles. The molecular weight excluding hydrogens is 460 g/mol. The molecule has 0 aromatic heterocycles.